The van der Waals surface area contributed by atoms with Gasteiger partial charge in [-0.25, -0.2) is 4.98 Å². The summed E-state index contributed by atoms with van der Waals surface area (Å²) in [5.41, 5.74) is 2.47. The van der Waals surface area contributed by atoms with E-state index in [1.807, 2.05) is 18.2 Å². The number of nitrogens with zero attached hydrogens (tertiary/aromatic N) is 6. The molecule has 1 fully saturated rings. The number of aryl methyl sites for hydroxylation is 1. The van der Waals surface area contributed by atoms with Gasteiger partial charge in [0, 0.05) is 55.7 Å². The van der Waals surface area contributed by atoms with Crippen molar-refractivity contribution in [2.24, 2.45) is 0 Å². The molecule has 1 N–H and O–H groups in total. The Balaban J connectivity index is 1.57. The fraction of sp³-hybridized carbons (Fsp3) is 0.417. The van der Waals surface area contributed by atoms with Crippen LogP contribution >= 0.6 is 0 Å². The SMILES string of the molecule is CCCCCn1c(=O)c(C#N)cc2cnc(Nc3ccc(N4CCN(C)CC4)cc3)nc21. The largest absolute Gasteiger partial charge is 0.369 e. The highest BCUT2D eigenvalue weighted by Gasteiger charge is 2.15. The van der Waals surface area contributed by atoms with Crippen molar-refractivity contribution in [2.45, 2.75) is 32.7 Å². The zero-order valence-corrected chi connectivity index (χ0v) is 18.7. The number of hydrogen-bond donors (Lipinski definition) is 1. The Labute approximate surface area is 188 Å². The van der Waals surface area contributed by atoms with Crippen LogP contribution in [-0.4, -0.2) is 52.7 Å². The molecule has 32 heavy (non-hydrogen) atoms. The number of pyridine rings is 1. The molecule has 0 saturated carbocycles. The molecule has 2 aromatic heterocycles. The number of likely N-dealkylation sites (N-methyl/N-ethyl adjacent to an activating group) is 1. The van der Waals surface area contributed by atoms with Crippen molar-refractivity contribution in [2.75, 3.05) is 43.4 Å². The molecule has 0 bridgehead atoms. The molecule has 0 atom stereocenters. The minimum absolute atomic E-state index is 0.123. The van der Waals surface area contributed by atoms with Gasteiger partial charge in [0.2, 0.25) is 5.95 Å². The van der Waals surface area contributed by atoms with Crippen molar-refractivity contribution in [3.8, 4) is 6.07 Å². The van der Waals surface area contributed by atoms with Crippen LogP contribution in [0.3, 0.4) is 0 Å². The summed E-state index contributed by atoms with van der Waals surface area (Å²) >= 11 is 0. The molecule has 3 heterocycles. The molecule has 1 aliphatic rings. The Hall–Kier alpha value is -3.44. The van der Waals surface area contributed by atoms with E-state index >= 15 is 0 Å². The molecule has 0 aliphatic carbocycles. The third kappa shape index (κ3) is 4.73. The molecular formula is C24H29N7O. The average molecular weight is 432 g/mol. The molecule has 1 saturated heterocycles. The summed E-state index contributed by atoms with van der Waals surface area (Å²) in [7, 11) is 2.15. The Morgan fingerprint density at radius 3 is 2.56 bits per heavy atom. The highest BCUT2D eigenvalue weighted by molar-refractivity contribution is 5.77. The maximum Gasteiger partial charge on any atom is 0.270 e. The number of piperazine rings is 1. The number of fused-ring (bicyclic) bond motifs is 1. The van der Waals surface area contributed by atoms with Gasteiger partial charge < -0.3 is 15.1 Å². The first-order valence-electron chi connectivity index (χ1n) is 11.2. The first-order valence-corrected chi connectivity index (χ1v) is 11.2. The monoisotopic (exact) mass is 431 g/mol. The van der Waals surface area contributed by atoms with E-state index < -0.39 is 0 Å². The van der Waals surface area contributed by atoms with Gasteiger partial charge in [-0.1, -0.05) is 19.8 Å². The second kappa shape index (κ2) is 9.79. The summed E-state index contributed by atoms with van der Waals surface area (Å²) in [6.45, 7) is 6.84. The third-order valence-corrected chi connectivity index (χ3v) is 5.92. The molecule has 8 heteroatoms. The highest BCUT2D eigenvalue weighted by Crippen LogP contribution is 2.22. The molecule has 0 spiro atoms. The maximum atomic E-state index is 12.7. The van der Waals surface area contributed by atoms with Crippen LogP contribution in [-0.2, 0) is 6.54 Å². The molecule has 166 valence electrons. The summed E-state index contributed by atoms with van der Waals surface area (Å²) in [4.78, 5) is 26.5. The summed E-state index contributed by atoms with van der Waals surface area (Å²) in [6.07, 6.45) is 4.60. The van der Waals surface area contributed by atoms with Crippen LogP contribution in [0.15, 0.2) is 41.3 Å². The summed E-state index contributed by atoms with van der Waals surface area (Å²) in [5, 5.41) is 13.3. The van der Waals surface area contributed by atoms with E-state index in [0.717, 1.165) is 51.1 Å². The maximum absolute atomic E-state index is 12.7. The van der Waals surface area contributed by atoms with Crippen LogP contribution in [0.2, 0.25) is 0 Å². The zero-order chi connectivity index (χ0) is 22.5. The van der Waals surface area contributed by atoms with Gasteiger partial charge in [0.25, 0.3) is 5.56 Å². The fourth-order valence-corrected chi connectivity index (χ4v) is 3.98. The van der Waals surface area contributed by atoms with Crippen molar-refractivity contribution in [3.05, 3.63) is 52.4 Å². The van der Waals surface area contributed by atoms with E-state index in [1.165, 1.54) is 5.69 Å². The first kappa shape index (κ1) is 21.8. The number of hydrogen-bond acceptors (Lipinski definition) is 7. The zero-order valence-electron chi connectivity index (χ0n) is 18.7. The van der Waals surface area contributed by atoms with Crippen LogP contribution in [0.5, 0.6) is 0 Å². The molecule has 0 amide bonds. The van der Waals surface area contributed by atoms with Gasteiger partial charge in [0.1, 0.15) is 17.3 Å². The lowest BCUT2D eigenvalue weighted by atomic mass is 10.2. The topological polar surface area (TPSA) is 90.1 Å². The number of nitriles is 1. The summed E-state index contributed by atoms with van der Waals surface area (Å²) in [6, 6.07) is 11.8. The number of aromatic nitrogens is 3. The van der Waals surface area contributed by atoms with E-state index in [4.69, 9.17) is 0 Å². The van der Waals surface area contributed by atoms with Gasteiger partial charge in [0.05, 0.1) is 0 Å². The molecule has 4 rings (SSSR count). The van der Waals surface area contributed by atoms with Crippen molar-refractivity contribution in [3.63, 3.8) is 0 Å². The van der Waals surface area contributed by atoms with Crippen molar-refractivity contribution >= 4 is 28.4 Å². The fourth-order valence-electron chi connectivity index (χ4n) is 3.98. The molecule has 0 radical (unpaired) electrons. The number of unbranched alkanes of at least 4 members (excludes halogenated alkanes) is 2. The predicted molar refractivity (Wildman–Crippen MR) is 127 cm³/mol. The van der Waals surface area contributed by atoms with E-state index in [0.29, 0.717) is 23.5 Å². The van der Waals surface area contributed by atoms with Crippen LogP contribution in [0.1, 0.15) is 31.7 Å². The average Bonchev–Trinajstić information content (AvgIpc) is 2.81. The lowest BCUT2D eigenvalue weighted by molar-refractivity contribution is 0.313. The lowest BCUT2D eigenvalue weighted by Gasteiger charge is -2.34. The van der Waals surface area contributed by atoms with Crippen molar-refractivity contribution in [1.29, 1.82) is 5.26 Å². The summed E-state index contributed by atoms with van der Waals surface area (Å²) < 4.78 is 1.60. The minimum Gasteiger partial charge on any atom is -0.369 e. The second-order valence-electron chi connectivity index (χ2n) is 8.27. The van der Waals surface area contributed by atoms with Gasteiger partial charge in [-0.05, 0) is 43.8 Å². The van der Waals surface area contributed by atoms with Gasteiger partial charge >= 0.3 is 0 Å². The molecule has 0 unspecified atom stereocenters. The highest BCUT2D eigenvalue weighted by atomic mass is 16.1. The Morgan fingerprint density at radius 1 is 1.12 bits per heavy atom. The first-order chi connectivity index (χ1) is 15.6. The second-order valence-corrected chi connectivity index (χ2v) is 8.27. The number of benzene rings is 1. The molecule has 3 aromatic rings. The van der Waals surface area contributed by atoms with Crippen LogP contribution < -0.4 is 15.8 Å². The minimum atomic E-state index is -0.294. The smallest absolute Gasteiger partial charge is 0.270 e. The molecule has 1 aliphatic heterocycles. The van der Waals surface area contributed by atoms with Gasteiger partial charge in [0.15, 0.2) is 0 Å². The van der Waals surface area contributed by atoms with Crippen molar-refractivity contribution in [1.82, 2.24) is 19.4 Å². The number of nitrogens with one attached hydrogen (secondary N) is 1. The van der Waals surface area contributed by atoms with E-state index in [9.17, 15) is 10.1 Å². The standard InChI is InChI=1S/C24H29N7O/c1-3-4-5-10-31-22-19(15-18(16-25)23(31)32)17-26-24(28-22)27-20-6-8-21(9-7-20)30-13-11-29(2)12-14-30/h6-9,15,17H,3-5,10-14H2,1-2H3,(H,26,27,28). The van der Waals surface area contributed by atoms with E-state index in [1.54, 1.807) is 16.8 Å². The number of anilines is 3. The van der Waals surface area contributed by atoms with E-state index in [2.05, 4.69) is 51.2 Å². The molecular weight excluding hydrogens is 402 g/mol. The van der Waals surface area contributed by atoms with Crippen LogP contribution in [0, 0.1) is 11.3 Å². The van der Waals surface area contributed by atoms with Crippen LogP contribution in [0.25, 0.3) is 11.0 Å². The molecule has 8 nitrogen and oxygen atoms in total. The predicted octanol–water partition coefficient (Wildman–Crippen LogP) is 3.35. The lowest BCUT2D eigenvalue weighted by Crippen LogP contribution is -2.44. The normalized spacial score (nSPS) is 14.5. The third-order valence-electron chi connectivity index (χ3n) is 5.92. The van der Waals surface area contributed by atoms with Gasteiger partial charge in [-0.3, -0.25) is 9.36 Å². The molecule has 1 aromatic carbocycles. The Kier molecular flexibility index (Phi) is 6.66. The van der Waals surface area contributed by atoms with Gasteiger partial charge in [-0.2, -0.15) is 10.2 Å². The van der Waals surface area contributed by atoms with E-state index in [-0.39, 0.29) is 11.1 Å². The van der Waals surface area contributed by atoms with Crippen LogP contribution in [0.4, 0.5) is 17.3 Å². The van der Waals surface area contributed by atoms with Crippen molar-refractivity contribution < 1.29 is 0 Å². The Morgan fingerprint density at radius 2 is 1.88 bits per heavy atom. The Bertz CT molecular complexity index is 1170. The quantitative estimate of drug-likeness (QED) is 0.574. The number of rotatable bonds is 7. The van der Waals surface area contributed by atoms with Gasteiger partial charge in [-0.15, -0.1) is 0 Å². The summed E-state index contributed by atoms with van der Waals surface area (Å²) in [5.74, 6) is 0.429.